The molecule has 2 rings (SSSR count). The van der Waals surface area contributed by atoms with E-state index in [1.54, 1.807) is 6.33 Å². The summed E-state index contributed by atoms with van der Waals surface area (Å²) in [6.07, 6.45) is 7.63. The Hall–Kier alpha value is -1.39. The third-order valence-corrected chi connectivity index (χ3v) is 3.03. The number of aromatic nitrogens is 3. The Morgan fingerprint density at radius 3 is 3.07 bits per heavy atom. The molecule has 1 aliphatic rings. The Labute approximate surface area is 88.1 Å². The maximum absolute atomic E-state index is 10.6. The zero-order chi connectivity index (χ0) is 10.7. The predicted molar refractivity (Wildman–Crippen MR) is 53.3 cm³/mol. The number of aliphatic carboxylic acids is 1. The lowest BCUT2D eigenvalue weighted by atomic mass is 9.84. The van der Waals surface area contributed by atoms with Crippen LogP contribution in [0, 0.1) is 5.92 Å². The molecule has 82 valence electrons. The zero-order valence-electron chi connectivity index (χ0n) is 8.54. The molecule has 0 aliphatic heterocycles. The molecule has 0 bridgehead atoms. The van der Waals surface area contributed by atoms with Gasteiger partial charge >= 0.3 is 5.97 Å². The van der Waals surface area contributed by atoms with Crippen LogP contribution >= 0.6 is 0 Å². The van der Waals surface area contributed by atoms with Crippen LogP contribution in [0.25, 0.3) is 0 Å². The summed E-state index contributed by atoms with van der Waals surface area (Å²) in [5.41, 5.74) is 0. The molecule has 0 spiro atoms. The highest BCUT2D eigenvalue weighted by Crippen LogP contribution is 2.33. The van der Waals surface area contributed by atoms with Gasteiger partial charge in [0, 0.05) is 6.42 Å². The highest BCUT2D eigenvalue weighted by atomic mass is 16.4. The van der Waals surface area contributed by atoms with Gasteiger partial charge in [-0.15, -0.1) is 0 Å². The van der Waals surface area contributed by atoms with E-state index in [0.29, 0.717) is 12.0 Å². The molecule has 5 nitrogen and oxygen atoms in total. The predicted octanol–water partition coefficient (Wildman–Crippen LogP) is 1.48. The molecule has 1 saturated carbocycles. The molecule has 0 amide bonds. The molecule has 1 aliphatic carbocycles. The SMILES string of the molecule is O=C(O)CC1CCCC(n2cncn2)C1. The molecule has 1 aromatic rings. The summed E-state index contributed by atoms with van der Waals surface area (Å²) in [4.78, 5) is 14.5. The fraction of sp³-hybridized carbons (Fsp3) is 0.700. The second kappa shape index (κ2) is 4.42. The number of carboxylic acids is 1. The average Bonchev–Trinajstić information content (AvgIpc) is 2.69. The van der Waals surface area contributed by atoms with Gasteiger partial charge in [-0.3, -0.25) is 4.79 Å². The van der Waals surface area contributed by atoms with Crippen molar-refractivity contribution in [1.82, 2.24) is 14.8 Å². The van der Waals surface area contributed by atoms with Gasteiger partial charge in [0.15, 0.2) is 0 Å². The summed E-state index contributed by atoms with van der Waals surface area (Å²) in [5, 5.41) is 12.9. The van der Waals surface area contributed by atoms with E-state index < -0.39 is 5.97 Å². The lowest BCUT2D eigenvalue weighted by Crippen LogP contribution is -2.21. The topological polar surface area (TPSA) is 68.0 Å². The Kier molecular flexibility index (Phi) is 2.99. The molecule has 0 saturated heterocycles. The first-order valence-electron chi connectivity index (χ1n) is 5.31. The molecule has 1 N–H and O–H groups in total. The van der Waals surface area contributed by atoms with E-state index in [9.17, 15) is 4.79 Å². The molecule has 0 radical (unpaired) electrons. The van der Waals surface area contributed by atoms with Crippen molar-refractivity contribution in [3.63, 3.8) is 0 Å². The Morgan fingerprint density at radius 1 is 1.53 bits per heavy atom. The van der Waals surface area contributed by atoms with Gasteiger partial charge in [-0.1, -0.05) is 6.42 Å². The number of carboxylic acid groups (broad SMARTS) is 1. The molecule has 0 aromatic carbocycles. The molecule has 5 heteroatoms. The largest absolute Gasteiger partial charge is 0.481 e. The molecule has 15 heavy (non-hydrogen) atoms. The van der Waals surface area contributed by atoms with Gasteiger partial charge in [0.2, 0.25) is 0 Å². The Balaban J connectivity index is 1.95. The van der Waals surface area contributed by atoms with Gasteiger partial charge in [-0.2, -0.15) is 5.10 Å². The number of nitrogens with zero attached hydrogens (tertiary/aromatic N) is 3. The van der Waals surface area contributed by atoms with E-state index >= 15 is 0 Å². The van der Waals surface area contributed by atoms with Crippen LogP contribution in [-0.2, 0) is 4.79 Å². The summed E-state index contributed by atoms with van der Waals surface area (Å²) in [6.45, 7) is 0. The minimum Gasteiger partial charge on any atom is -0.481 e. The highest BCUT2D eigenvalue weighted by molar-refractivity contribution is 5.67. The second-order valence-electron chi connectivity index (χ2n) is 4.16. The van der Waals surface area contributed by atoms with Crippen molar-refractivity contribution in [1.29, 1.82) is 0 Å². The van der Waals surface area contributed by atoms with Gasteiger partial charge < -0.3 is 5.11 Å². The maximum Gasteiger partial charge on any atom is 0.303 e. The van der Waals surface area contributed by atoms with Gasteiger partial charge in [-0.05, 0) is 25.2 Å². The molecule has 2 atom stereocenters. The van der Waals surface area contributed by atoms with Crippen molar-refractivity contribution >= 4 is 5.97 Å². The van der Waals surface area contributed by atoms with Crippen molar-refractivity contribution in [3.8, 4) is 0 Å². The first-order valence-corrected chi connectivity index (χ1v) is 5.31. The van der Waals surface area contributed by atoms with E-state index in [0.717, 1.165) is 25.7 Å². The average molecular weight is 209 g/mol. The smallest absolute Gasteiger partial charge is 0.303 e. The number of carbonyl (C=O) groups is 1. The van der Waals surface area contributed by atoms with E-state index in [1.165, 1.54) is 6.33 Å². The van der Waals surface area contributed by atoms with E-state index in [1.807, 2.05) is 4.68 Å². The summed E-state index contributed by atoms with van der Waals surface area (Å²) in [7, 11) is 0. The minimum atomic E-state index is -0.695. The summed E-state index contributed by atoms with van der Waals surface area (Å²) in [5.74, 6) is -0.398. The van der Waals surface area contributed by atoms with Crippen LogP contribution in [0.3, 0.4) is 0 Å². The van der Waals surface area contributed by atoms with Crippen LogP contribution < -0.4 is 0 Å². The zero-order valence-corrected chi connectivity index (χ0v) is 8.54. The summed E-state index contributed by atoms with van der Waals surface area (Å²) in [6, 6.07) is 0.339. The normalized spacial score (nSPS) is 26.4. The number of rotatable bonds is 3. The van der Waals surface area contributed by atoms with Gasteiger partial charge in [0.1, 0.15) is 12.7 Å². The van der Waals surface area contributed by atoms with Crippen LogP contribution in [0.1, 0.15) is 38.1 Å². The molecule has 2 unspecified atom stereocenters. The van der Waals surface area contributed by atoms with Crippen molar-refractivity contribution in [2.24, 2.45) is 5.92 Å². The van der Waals surface area contributed by atoms with Crippen LogP contribution in [0.4, 0.5) is 0 Å². The van der Waals surface area contributed by atoms with Crippen LogP contribution in [0.15, 0.2) is 12.7 Å². The Morgan fingerprint density at radius 2 is 2.40 bits per heavy atom. The standard InChI is InChI=1S/C10H15N3O2/c14-10(15)5-8-2-1-3-9(4-8)13-7-11-6-12-13/h6-9H,1-5H2,(H,14,15). The molecular weight excluding hydrogens is 194 g/mol. The van der Waals surface area contributed by atoms with Crippen molar-refractivity contribution < 1.29 is 9.90 Å². The number of hydrogen-bond acceptors (Lipinski definition) is 3. The van der Waals surface area contributed by atoms with E-state index in [4.69, 9.17) is 5.11 Å². The van der Waals surface area contributed by atoms with Crippen LogP contribution in [0.2, 0.25) is 0 Å². The second-order valence-corrected chi connectivity index (χ2v) is 4.16. The quantitative estimate of drug-likeness (QED) is 0.818. The van der Waals surface area contributed by atoms with E-state index in [2.05, 4.69) is 10.1 Å². The lowest BCUT2D eigenvalue weighted by molar-refractivity contribution is -0.138. The lowest BCUT2D eigenvalue weighted by Gasteiger charge is -2.27. The summed E-state index contributed by atoms with van der Waals surface area (Å²) < 4.78 is 1.86. The fourth-order valence-corrected chi connectivity index (χ4v) is 2.34. The monoisotopic (exact) mass is 209 g/mol. The van der Waals surface area contributed by atoms with Gasteiger partial charge in [-0.25, -0.2) is 9.67 Å². The third kappa shape index (κ3) is 2.55. The van der Waals surface area contributed by atoms with Crippen LogP contribution in [0.5, 0.6) is 0 Å². The molecule has 1 fully saturated rings. The molecule has 1 heterocycles. The van der Waals surface area contributed by atoms with Gasteiger partial charge in [0.05, 0.1) is 6.04 Å². The first kappa shape index (κ1) is 10.1. The maximum atomic E-state index is 10.6. The van der Waals surface area contributed by atoms with Crippen molar-refractivity contribution in [2.75, 3.05) is 0 Å². The molecule has 1 aromatic heterocycles. The van der Waals surface area contributed by atoms with E-state index in [-0.39, 0.29) is 6.42 Å². The number of hydrogen-bond donors (Lipinski definition) is 1. The fourth-order valence-electron chi connectivity index (χ4n) is 2.34. The highest BCUT2D eigenvalue weighted by Gasteiger charge is 2.25. The first-order chi connectivity index (χ1) is 7.25. The summed E-state index contributed by atoms with van der Waals surface area (Å²) >= 11 is 0. The Bertz CT molecular complexity index is 323. The third-order valence-electron chi connectivity index (χ3n) is 3.03. The van der Waals surface area contributed by atoms with Crippen molar-refractivity contribution in [2.45, 2.75) is 38.1 Å². The van der Waals surface area contributed by atoms with Crippen molar-refractivity contribution in [3.05, 3.63) is 12.7 Å². The van der Waals surface area contributed by atoms with Gasteiger partial charge in [0.25, 0.3) is 0 Å². The minimum absolute atomic E-state index is 0.283. The van der Waals surface area contributed by atoms with Crippen LogP contribution in [-0.4, -0.2) is 25.8 Å². The molecular formula is C10H15N3O2.